The monoisotopic (exact) mass is 404 g/mol. The van der Waals surface area contributed by atoms with Gasteiger partial charge in [-0.15, -0.1) is 0 Å². The quantitative estimate of drug-likeness (QED) is 0.547. The van der Waals surface area contributed by atoms with Crippen LogP contribution < -0.4 is 10.6 Å². The van der Waals surface area contributed by atoms with E-state index in [-0.39, 0.29) is 17.4 Å². The molecule has 2 heterocycles. The van der Waals surface area contributed by atoms with Crippen molar-refractivity contribution in [1.29, 1.82) is 0 Å². The zero-order chi connectivity index (χ0) is 20.6. The molecule has 1 amide bonds. The second-order valence-electron chi connectivity index (χ2n) is 7.05. The highest BCUT2D eigenvalue weighted by atomic mass is 19.1. The summed E-state index contributed by atoms with van der Waals surface area (Å²) in [5.41, 5.74) is 0.834. The average molecular weight is 404 g/mol. The van der Waals surface area contributed by atoms with Gasteiger partial charge in [-0.25, -0.2) is 4.39 Å². The zero-order valence-corrected chi connectivity index (χ0v) is 16.1. The van der Waals surface area contributed by atoms with Gasteiger partial charge in [0.2, 0.25) is 0 Å². The Kier molecular flexibility index (Phi) is 7.31. The molecule has 1 aliphatic rings. The summed E-state index contributed by atoms with van der Waals surface area (Å²) in [5, 5.41) is 18.6. The number of aromatic nitrogens is 1. The number of carboxylic acid groups (broad SMARTS) is 1. The molecule has 3 N–H and O–H groups in total. The lowest BCUT2D eigenvalue weighted by Gasteiger charge is -2.31. The van der Waals surface area contributed by atoms with E-state index >= 15 is 0 Å². The highest BCUT2D eigenvalue weighted by Gasteiger charge is 2.24. The second-order valence-corrected chi connectivity index (χ2v) is 7.05. The van der Waals surface area contributed by atoms with E-state index in [4.69, 9.17) is 9.63 Å². The van der Waals surface area contributed by atoms with Crippen LogP contribution in [0.3, 0.4) is 0 Å². The lowest BCUT2D eigenvalue weighted by atomic mass is 10.1. The third-order valence-electron chi connectivity index (χ3n) is 4.87. The van der Waals surface area contributed by atoms with Gasteiger partial charge < -0.3 is 20.3 Å². The zero-order valence-electron chi connectivity index (χ0n) is 16.1. The number of carbonyl (C=O) groups is 2. The van der Waals surface area contributed by atoms with Crippen LogP contribution in [0, 0.1) is 5.82 Å². The predicted octanol–water partition coefficient (Wildman–Crippen LogP) is 1.74. The van der Waals surface area contributed by atoms with E-state index in [2.05, 4.69) is 20.7 Å². The Hall–Kier alpha value is -2.78. The van der Waals surface area contributed by atoms with Crippen LogP contribution in [-0.2, 0) is 4.79 Å². The van der Waals surface area contributed by atoms with Gasteiger partial charge in [-0.2, -0.15) is 0 Å². The van der Waals surface area contributed by atoms with Gasteiger partial charge in [0, 0.05) is 37.8 Å². The van der Waals surface area contributed by atoms with E-state index in [9.17, 15) is 14.0 Å². The van der Waals surface area contributed by atoms with E-state index in [1.807, 2.05) is 0 Å². The summed E-state index contributed by atoms with van der Waals surface area (Å²) in [6.07, 6.45) is 2.70. The maximum atomic E-state index is 13.0. The van der Waals surface area contributed by atoms with Crippen molar-refractivity contribution in [1.82, 2.24) is 20.7 Å². The molecule has 1 aliphatic heterocycles. The molecule has 9 heteroatoms. The molecular weight excluding hydrogens is 379 g/mol. The molecule has 0 spiro atoms. The Balaban J connectivity index is 1.33. The predicted molar refractivity (Wildman–Crippen MR) is 104 cm³/mol. The fraction of sp³-hybridized carbons (Fsp3) is 0.450. The fourth-order valence-corrected chi connectivity index (χ4v) is 3.24. The molecule has 156 valence electrons. The molecule has 1 saturated heterocycles. The van der Waals surface area contributed by atoms with Gasteiger partial charge in [0.05, 0.1) is 0 Å². The van der Waals surface area contributed by atoms with Crippen molar-refractivity contribution < 1.29 is 23.6 Å². The number of carbonyl (C=O) groups excluding carboxylic acids is 1. The molecule has 29 heavy (non-hydrogen) atoms. The van der Waals surface area contributed by atoms with Gasteiger partial charge >= 0.3 is 5.97 Å². The number of amides is 1. The minimum absolute atomic E-state index is 0.185. The number of hydrogen-bond acceptors (Lipinski definition) is 6. The molecule has 1 atom stereocenters. The summed E-state index contributed by atoms with van der Waals surface area (Å²) in [6.45, 7) is 3.43. The molecule has 0 aliphatic carbocycles. The van der Waals surface area contributed by atoms with Gasteiger partial charge in [0.15, 0.2) is 11.5 Å². The molecule has 1 aromatic carbocycles. The SMILES string of the molecule is O=C(NCCCCCN1CCNC(C(=O)O)C1)c1cc(-c2ccc(F)cc2)on1. The highest BCUT2D eigenvalue weighted by molar-refractivity contribution is 5.93. The largest absolute Gasteiger partial charge is 0.480 e. The van der Waals surface area contributed by atoms with E-state index in [0.29, 0.717) is 31.0 Å². The lowest BCUT2D eigenvalue weighted by Crippen LogP contribution is -2.54. The third kappa shape index (κ3) is 6.10. The number of aliphatic carboxylic acids is 1. The van der Waals surface area contributed by atoms with Crippen LogP contribution in [0.25, 0.3) is 11.3 Å². The number of carboxylic acids is 1. The smallest absolute Gasteiger partial charge is 0.322 e. The van der Waals surface area contributed by atoms with Gasteiger partial charge in [-0.1, -0.05) is 11.6 Å². The normalized spacial score (nSPS) is 17.2. The summed E-state index contributed by atoms with van der Waals surface area (Å²) in [7, 11) is 0. The topological polar surface area (TPSA) is 108 Å². The molecule has 2 aromatic rings. The van der Waals surface area contributed by atoms with Crippen LogP contribution in [0.2, 0.25) is 0 Å². The number of rotatable bonds is 9. The summed E-state index contributed by atoms with van der Waals surface area (Å²) in [6, 6.07) is 6.81. The number of benzene rings is 1. The number of piperazine rings is 1. The Morgan fingerprint density at radius 3 is 2.83 bits per heavy atom. The molecule has 0 radical (unpaired) electrons. The van der Waals surface area contributed by atoms with Gasteiger partial charge in [0.25, 0.3) is 5.91 Å². The molecule has 3 rings (SSSR count). The number of unbranched alkanes of at least 4 members (excludes halogenated alkanes) is 2. The van der Waals surface area contributed by atoms with Crippen molar-refractivity contribution in [3.63, 3.8) is 0 Å². The van der Waals surface area contributed by atoms with Crippen LogP contribution in [-0.4, -0.2) is 65.8 Å². The van der Waals surface area contributed by atoms with Crippen molar-refractivity contribution in [2.24, 2.45) is 0 Å². The number of nitrogens with zero attached hydrogens (tertiary/aromatic N) is 2. The second kappa shape index (κ2) is 10.1. The maximum absolute atomic E-state index is 13.0. The Morgan fingerprint density at radius 2 is 2.07 bits per heavy atom. The van der Waals surface area contributed by atoms with Crippen LogP contribution in [0.5, 0.6) is 0 Å². The Bertz CT molecular complexity index is 824. The van der Waals surface area contributed by atoms with Crippen molar-refractivity contribution in [3.8, 4) is 11.3 Å². The van der Waals surface area contributed by atoms with Crippen molar-refractivity contribution >= 4 is 11.9 Å². The number of hydrogen-bond donors (Lipinski definition) is 3. The average Bonchev–Trinajstić information content (AvgIpc) is 3.21. The van der Waals surface area contributed by atoms with E-state index < -0.39 is 12.0 Å². The maximum Gasteiger partial charge on any atom is 0.322 e. The van der Waals surface area contributed by atoms with E-state index in [0.717, 1.165) is 32.4 Å². The van der Waals surface area contributed by atoms with Crippen LogP contribution in [0.1, 0.15) is 29.8 Å². The lowest BCUT2D eigenvalue weighted by molar-refractivity contribution is -0.140. The fourth-order valence-electron chi connectivity index (χ4n) is 3.24. The first-order chi connectivity index (χ1) is 14.0. The minimum atomic E-state index is -0.812. The summed E-state index contributed by atoms with van der Waals surface area (Å²) in [4.78, 5) is 25.3. The molecule has 0 bridgehead atoms. The van der Waals surface area contributed by atoms with Crippen molar-refractivity contribution in [3.05, 3.63) is 41.8 Å². The third-order valence-corrected chi connectivity index (χ3v) is 4.87. The highest BCUT2D eigenvalue weighted by Crippen LogP contribution is 2.20. The summed E-state index contributed by atoms with van der Waals surface area (Å²) in [5.74, 6) is -1.06. The van der Waals surface area contributed by atoms with Gasteiger partial charge in [0.1, 0.15) is 11.9 Å². The molecule has 8 nitrogen and oxygen atoms in total. The molecule has 0 saturated carbocycles. The van der Waals surface area contributed by atoms with Crippen LogP contribution >= 0.6 is 0 Å². The van der Waals surface area contributed by atoms with Gasteiger partial charge in [-0.3, -0.25) is 14.5 Å². The van der Waals surface area contributed by atoms with Crippen molar-refractivity contribution in [2.75, 3.05) is 32.7 Å². The molecule has 1 aromatic heterocycles. The molecule has 1 unspecified atom stereocenters. The molecule has 1 fully saturated rings. The number of halogens is 1. The van der Waals surface area contributed by atoms with Crippen molar-refractivity contribution in [2.45, 2.75) is 25.3 Å². The Morgan fingerprint density at radius 1 is 1.28 bits per heavy atom. The van der Waals surface area contributed by atoms with E-state index in [1.54, 1.807) is 12.1 Å². The first kappa shape index (κ1) is 20.9. The Labute approximate surface area is 168 Å². The number of nitrogens with one attached hydrogen (secondary N) is 2. The standard InChI is InChI=1S/C20H25FN4O4/c21-15-6-4-14(5-7-15)18-12-16(24-29-18)19(26)23-8-2-1-3-10-25-11-9-22-17(13-25)20(27)28/h4-7,12,17,22H,1-3,8-11,13H2,(H,23,26)(H,27,28). The molecular formula is C20H25FN4O4. The summed E-state index contributed by atoms with van der Waals surface area (Å²) < 4.78 is 18.1. The van der Waals surface area contributed by atoms with E-state index in [1.165, 1.54) is 18.2 Å². The van der Waals surface area contributed by atoms with Gasteiger partial charge in [-0.05, 0) is 43.7 Å². The minimum Gasteiger partial charge on any atom is -0.480 e. The summed E-state index contributed by atoms with van der Waals surface area (Å²) >= 11 is 0. The first-order valence-electron chi connectivity index (χ1n) is 9.72. The van der Waals surface area contributed by atoms with Crippen LogP contribution in [0.4, 0.5) is 4.39 Å². The first-order valence-corrected chi connectivity index (χ1v) is 9.72. The van der Waals surface area contributed by atoms with Crippen LogP contribution in [0.15, 0.2) is 34.9 Å².